The summed E-state index contributed by atoms with van der Waals surface area (Å²) >= 11 is 13.6. The van der Waals surface area contributed by atoms with E-state index in [1.54, 1.807) is 0 Å². The fourth-order valence-electron chi connectivity index (χ4n) is 10.2. The van der Waals surface area contributed by atoms with E-state index in [0.717, 1.165) is 5.19 Å². The highest BCUT2D eigenvalue weighted by Crippen LogP contribution is 2.43. The predicted molar refractivity (Wildman–Crippen MR) is 332 cm³/mol. The Balaban J connectivity index is 1.34. The molecule has 13 nitrogen and oxygen atoms in total. The fraction of sp³-hybridized carbons (Fsp3) is 0.143. The first-order chi connectivity index (χ1) is 39.5. The number of alkyl halides is 2. The Morgan fingerprint density at radius 1 is 0.272 bits per heavy atom. The Labute approximate surface area is 495 Å². The van der Waals surface area contributed by atoms with Gasteiger partial charge in [-0.2, -0.15) is 0 Å². The minimum atomic E-state index is -5.08. The molecular weight excluding hydrogens is 1230 g/mol. The third kappa shape index (κ3) is 11.8. The summed E-state index contributed by atoms with van der Waals surface area (Å²) in [5.74, 6) is 0.612. The lowest BCUT2D eigenvalue weighted by molar-refractivity contribution is 0.0605. The molecule has 0 spiro atoms. The van der Waals surface area contributed by atoms with Crippen molar-refractivity contribution in [2.75, 3.05) is 11.8 Å². The Morgan fingerprint density at radius 3 is 0.827 bits per heavy atom. The highest BCUT2D eigenvalue weighted by molar-refractivity contribution is 7.09. The van der Waals surface area contributed by atoms with E-state index in [9.17, 15) is 0 Å². The van der Waals surface area contributed by atoms with Crippen LogP contribution in [0.15, 0.2) is 243 Å². The van der Waals surface area contributed by atoms with Crippen molar-refractivity contribution in [3.8, 4) is 0 Å². The minimum absolute atomic E-state index is 0.294. The van der Waals surface area contributed by atoms with Crippen LogP contribution in [0.4, 0.5) is 0 Å². The summed E-state index contributed by atoms with van der Waals surface area (Å²) in [6.07, 6.45) is 1.00. The van der Waals surface area contributed by atoms with Crippen molar-refractivity contribution < 1.29 is 53.5 Å². The average Bonchev–Trinajstić information content (AvgIpc) is 2.01. The van der Waals surface area contributed by atoms with Crippen molar-refractivity contribution in [1.82, 2.24) is 0 Å². The molecule has 4 aliphatic heterocycles. The molecule has 4 fully saturated rings. The van der Waals surface area contributed by atoms with Crippen LogP contribution in [0.2, 0.25) is 25.2 Å². The molecular formula is C56H58Cl2O13Si10. The van der Waals surface area contributed by atoms with E-state index in [-0.39, 0.29) is 0 Å². The number of halogens is 2. The van der Waals surface area contributed by atoms with Crippen LogP contribution < -0.4 is 41.5 Å². The summed E-state index contributed by atoms with van der Waals surface area (Å²) in [5.41, 5.74) is 0. The molecule has 4 heterocycles. The lowest BCUT2D eigenvalue weighted by atomic mass is 10.4. The maximum Gasteiger partial charge on any atom is 0.515 e. The van der Waals surface area contributed by atoms with E-state index in [0.29, 0.717) is 73.0 Å². The van der Waals surface area contributed by atoms with Gasteiger partial charge in [-0.3, -0.25) is 0 Å². The highest BCUT2D eigenvalue weighted by atomic mass is 35.5. The smallest absolute Gasteiger partial charge is 0.411 e. The molecule has 414 valence electrons. The van der Waals surface area contributed by atoms with E-state index in [4.69, 9.17) is 76.7 Å². The van der Waals surface area contributed by atoms with Crippen LogP contribution in [0, 0.1) is 0 Å². The van der Waals surface area contributed by atoms with E-state index in [1.165, 1.54) is 0 Å². The first kappa shape index (κ1) is 57.4. The second kappa shape index (κ2) is 24.2. The zero-order valence-electron chi connectivity index (χ0n) is 44.4. The van der Waals surface area contributed by atoms with Crippen molar-refractivity contribution in [2.45, 2.75) is 38.0 Å². The molecule has 0 aliphatic carbocycles. The van der Waals surface area contributed by atoms with Crippen LogP contribution in [-0.4, -0.2) is 100 Å². The highest BCUT2D eigenvalue weighted by Gasteiger charge is 2.78. The van der Waals surface area contributed by atoms with Gasteiger partial charge in [0.2, 0.25) is 0 Å². The van der Waals surface area contributed by atoms with Gasteiger partial charge in [-0.15, -0.1) is 23.2 Å². The van der Waals surface area contributed by atoms with Crippen molar-refractivity contribution in [3.63, 3.8) is 0 Å². The summed E-state index contributed by atoms with van der Waals surface area (Å²) < 4.78 is 108. The summed E-state index contributed by atoms with van der Waals surface area (Å²) in [5, 5.41) is 4.89. The van der Waals surface area contributed by atoms with Gasteiger partial charge >= 0.3 is 88.5 Å². The molecule has 0 aromatic heterocycles. The first-order valence-corrected chi connectivity index (χ1v) is 45.9. The zero-order valence-corrected chi connectivity index (χ0v) is 55.9. The van der Waals surface area contributed by atoms with Gasteiger partial charge in [-0.1, -0.05) is 243 Å². The molecule has 4 saturated heterocycles. The van der Waals surface area contributed by atoms with Gasteiger partial charge in [-0.25, -0.2) is 0 Å². The van der Waals surface area contributed by atoms with Gasteiger partial charge in [-0.05, 0) is 48.4 Å². The third-order valence-corrected chi connectivity index (χ3v) is 54.1. The topological polar surface area (TPSA) is 120 Å². The minimum Gasteiger partial charge on any atom is -0.411 e. The van der Waals surface area contributed by atoms with Gasteiger partial charge < -0.3 is 53.5 Å². The van der Waals surface area contributed by atoms with Crippen LogP contribution in [-0.2, 0) is 53.5 Å². The van der Waals surface area contributed by atoms with Gasteiger partial charge in [0.1, 0.15) is 0 Å². The van der Waals surface area contributed by atoms with Crippen molar-refractivity contribution in [3.05, 3.63) is 243 Å². The summed E-state index contributed by atoms with van der Waals surface area (Å²) in [7, 11) is -43.4. The van der Waals surface area contributed by atoms with Crippen LogP contribution in [0.5, 0.6) is 0 Å². The molecule has 0 saturated carbocycles. The zero-order chi connectivity index (χ0) is 55.5. The van der Waals surface area contributed by atoms with E-state index in [2.05, 4.69) is 0 Å². The number of fused-ring (bicyclic) bond motifs is 6. The third-order valence-electron chi connectivity index (χ3n) is 14.0. The molecule has 8 aromatic carbocycles. The van der Waals surface area contributed by atoms with Gasteiger partial charge in [0.05, 0.1) is 0 Å². The van der Waals surface area contributed by atoms with Gasteiger partial charge in [0, 0.05) is 42.9 Å². The monoisotopic (exact) mass is 1290 g/mol. The van der Waals surface area contributed by atoms with Crippen molar-refractivity contribution in [1.29, 1.82) is 0 Å². The molecule has 8 atom stereocenters. The maximum atomic E-state index is 8.49. The molecule has 4 aliphatic rings. The van der Waals surface area contributed by atoms with E-state index >= 15 is 0 Å². The molecule has 6 bridgehead atoms. The van der Waals surface area contributed by atoms with Gasteiger partial charge in [0.15, 0.2) is 0 Å². The Hall–Kier alpha value is -4.01. The largest absolute Gasteiger partial charge is 0.515 e. The van der Waals surface area contributed by atoms with Crippen LogP contribution in [0.25, 0.3) is 0 Å². The Morgan fingerprint density at radius 2 is 0.494 bits per heavy atom. The predicted octanol–water partition coefficient (Wildman–Crippen LogP) is 6.53. The fourth-order valence-corrected chi connectivity index (χ4v) is 60.8. The molecule has 81 heavy (non-hydrogen) atoms. The summed E-state index contributed by atoms with van der Waals surface area (Å²) in [6.45, 7) is 4.07. The number of hydrogen-bond donors (Lipinski definition) is 0. The number of rotatable bonds is 14. The number of benzene rings is 8. The lowest BCUT2D eigenvalue weighted by Gasteiger charge is -2.57. The average molecular weight is 1290 g/mol. The molecule has 2 radical (unpaired) electrons. The molecule has 8 aromatic rings. The second-order valence-electron chi connectivity index (χ2n) is 20.0. The lowest BCUT2D eigenvalue weighted by Crippen LogP contribution is -2.89. The normalized spacial score (nSPS) is 30.9. The van der Waals surface area contributed by atoms with Crippen LogP contribution in [0.3, 0.4) is 0 Å². The molecule has 12 rings (SSSR count). The summed E-state index contributed by atoms with van der Waals surface area (Å²) in [6, 6.07) is 79.1. The van der Waals surface area contributed by atoms with Crippen molar-refractivity contribution >= 4 is 153 Å². The van der Waals surface area contributed by atoms with E-state index < -0.39 is 88.5 Å². The first-order valence-electron chi connectivity index (χ1n) is 26.8. The van der Waals surface area contributed by atoms with Crippen LogP contribution >= 0.6 is 23.2 Å². The summed E-state index contributed by atoms with van der Waals surface area (Å²) in [4.78, 5) is 0. The van der Waals surface area contributed by atoms with Crippen molar-refractivity contribution in [2.24, 2.45) is 0 Å². The standard InChI is InChI=1S/C56H58Cl2O13Si10/c1-74(47-27-45-57)59-72(49-29-11-3-12-30-49)60-77(52-35-17-6-18-36-52)66-76(51-33-15-5-16-34-51)61-73(50-31-13-4-14-32-50)62-78(53-37-19-7-20-38-53)67-79(63-74,54-39-21-8-22-40-54)70-81(69-77,56-43-25-10-26-44-56)71-80(68-78,55-41-23-9-24-42-55)65-75(2,64-76)48-28-46-58/h3-26,29-44H,27-28,45-48H2,1-2H3. The molecule has 0 N–H and O–H groups in total. The second-order valence-corrected chi connectivity index (χ2v) is 49.4. The molecule has 8 unspecified atom stereocenters. The molecule has 25 heteroatoms. The number of hydrogen-bond acceptors (Lipinski definition) is 13. The van der Waals surface area contributed by atoms with E-state index in [1.807, 2.05) is 256 Å². The Kier molecular flexibility index (Phi) is 17.1. The molecule has 0 amide bonds. The quantitative estimate of drug-likeness (QED) is 0.0869. The van der Waals surface area contributed by atoms with Crippen LogP contribution in [0.1, 0.15) is 12.8 Å². The van der Waals surface area contributed by atoms with Gasteiger partial charge in [0.25, 0.3) is 0 Å². The Bertz CT molecular complexity index is 3310. The SMILES string of the molecule is C[Si]1(CCCCl)O[Si](c2ccccc2)O[Si]2(c3ccccc3)O[Si]3(c4ccccc4)O[Si](c4ccccc4)O[Si]4(c5ccccc5)O[Si](c5ccccc5)(O1)O[Si](c1ccccc1)(O2)O[Si](c1ccccc1)(O[Si](C)(CCCCl)O3)O4. The maximum absolute atomic E-state index is 8.49.